The number of aromatic nitrogens is 2. The number of aliphatic hydroxyl groups excluding tert-OH is 1. The first-order valence-electron chi connectivity index (χ1n) is 6.07. The molecule has 1 aromatic heterocycles. The summed E-state index contributed by atoms with van der Waals surface area (Å²) in [6.07, 6.45) is 0.516. The van der Waals surface area contributed by atoms with Crippen LogP contribution >= 0.6 is 0 Å². The number of aromatic amines is 1. The SMILES string of the molecule is COc1cc(OC)cc(-c2nc(CCO)[nH]c2C)c1. The minimum Gasteiger partial charge on any atom is -0.497 e. The van der Waals surface area contributed by atoms with Gasteiger partial charge in [-0.3, -0.25) is 0 Å². The molecule has 1 aromatic carbocycles. The molecule has 5 heteroatoms. The van der Waals surface area contributed by atoms with Gasteiger partial charge in [-0.2, -0.15) is 0 Å². The van der Waals surface area contributed by atoms with Crippen LogP contribution in [0.5, 0.6) is 11.5 Å². The van der Waals surface area contributed by atoms with E-state index in [1.54, 1.807) is 14.2 Å². The monoisotopic (exact) mass is 262 g/mol. The van der Waals surface area contributed by atoms with Gasteiger partial charge in [0.15, 0.2) is 0 Å². The van der Waals surface area contributed by atoms with Gasteiger partial charge in [0.1, 0.15) is 17.3 Å². The van der Waals surface area contributed by atoms with Crippen molar-refractivity contribution in [2.75, 3.05) is 20.8 Å². The van der Waals surface area contributed by atoms with Crippen LogP contribution in [0.4, 0.5) is 0 Å². The van der Waals surface area contributed by atoms with Crippen LogP contribution in [-0.2, 0) is 6.42 Å². The molecule has 102 valence electrons. The van der Waals surface area contributed by atoms with Crippen molar-refractivity contribution in [3.8, 4) is 22.8 Å². The fourth-order valence-corrected chi connectivity index (χ4v) is 1.97. The lowest BCUT2D eigenvalue weighted by Gasteiger charge is -2.07. The maximum Gasteiger partial charge on any atom is 0.123 e. The molecule has 5 nitrogen and oxygen atoms in total. The third kappa shape index (κ3) is 2.88. The minimum absolute atomic E-state index is 0.0772. The van der Waals surface area contributed by atoms with Crippen LogP contribution in [0.3, 0.4) is 0 Å². The second-order valence-electron chi connectivity index (χ2n) is 4.23. The number of H-pyrrole nitrogens is 1. The first-order chi connectivity index (χ1) is 9.17. The molecule has 0 unspecified atom stereocenters. The van der Waals surface area contributed by atoms with Crippen LogP contribution in [0, 0.1) is 6.92 Å². The van der Waals surface area contributed by atoms with Gasteiger partial charge >= 0.3 is 0 Å². The second-order valence-corrected chi connectivity index (χ2v) is 4.23. The van der Waals surface area contributed by atoms with Crippen LogP contribution in [-0.4, -0.2) is 35.9 Å². The summed E-state index contributed by atoms with van der Waals surface area (Å²) in [6, 6.07) is 5.64. The molecule has 0 aliphatic rings. The maximum atomic E-state index is 8.95. The molecular weight excluding hydrogens is 244 g/mol. The maximum absolute atomic E-state index is 8.95. The molecule has 2 aromatic rings. The van der Waals surface area contributed by atoms with Gasteiger partial charge in [-0.15, -0.1) is 0 Å². The highest BCUT2D eigenvalue weighted by Crippen LogP contribution is 2.30. The molecule has 0 amide bonds. The van der Waals surface area contributed by atoms with Gasteiger partial charge in [0.05, 0.1) is 26.5 Å². The summed E-state index contributed by atoms with van der Waals surface area (Å²) in [5, 5.41) is 8.95. The highest BCUT2D eigenvalue weighted by molar-refractivity contribution is 5.66. The quantitative estimate of drug-likeness (QED) is 0.864. The topological polar surface area (TPSA) is 67.4 Å². The van der Waals surface area contributed by atoms with Crippen molar-refractivity contribution in [1.29, 1.82) is 0 Å². The summed E-state index contributed by atoms with van der Waals surface area (Å²) in [5.74, 6) is 2.22. The van der Waals surface area contributed by atoms with Gasteiger partial charge in [0.25, 0.3) is 0 Å². The van der Waals surface area contributed by atoms with E-state index < -0.39 is 0 Å². The molecule has 0 bridgehead atoms. The van der Waals surface area contributed by atoms with Crippen LogP contribution in [0.1, 0.15) is 11.5 Å². The number of ether oxygens (including phenoxy) is 2. The Kier molecular flexibility index (Phi) is 4.06. The van der Waals surface area contributed by atoms with Crippen LogP contribution in [0.2, 0.25) is 0 Å². The molecular formula is C14H18N2O3. The summed E-state index contributed by atoms with van der Waals surface area (Å²) in [6.45, 7) is 2.03. The smallest absolute Gasteiger partial charge is 0.123 e. The molecule has 0 spiro atoms. The van der Waals surface area contributed by atoms with Gasteiger partial charge in [-0.1, -0.05) is 0 Å². The Hall–Kier alpha value is -2.01. The number of methoxy groups -OCH3 is 2. The molecule has 2 rings (SSSR count). The predicted octanol–water partition coefficient (Wildman–Crippen LogP) is 1.94. The number of imidazole rings is 1. The van der Waals surface area contributed by atoms with Crippen molar-refractivity contribution in [3.05, 3.63) is 29.7 Å². The number of benzene rings is 1. The van der Waals surface area contributed by atoms with Crippen molar-refractivity contribution < 1.29 is 14.6 Å². The number of nitrogens with zero attached hydrogens (tertiary/aromatic N) is 1. The van der Waals surface area contributed by atoms with E-state index in [1.165, 1.54) is 0 Å². The summed E-state index contributed by atoms with van der Waals surface area (Å²) in [7, 11) is 3.24. The lowest BCUT2D eigenvalue weighted by atomic mass is 10.1. The molecule has 1 heterocycles. The first kappa shape index (κ1) is 13.4. The minimum atomic E-state index is 0.0772. The average molecular weight is 262 g/mol. The molecule has 0 saturated heterocycles. The highest BCUT2D eigenvalue weighted by atomic mass is 16.5. The van der Waals surface area contributed by atoms with Gasteiger partial charge in [-0.25, -0.2) is 4.98 Å². The fourth-order valence-electron chi connectivity index (χ4n) is 1.97. The van der Waals surface area contributed by atoms with Crippen molar-refractivity contribution in [1.82, 2.24) is 9.97 Å². The van der Waals surface area contributed by atoms with E-state index in [0.717, 1.165) is 34.3 Å². The van der Waals surface area contributed by atoms with Gasteiger partial charge in [0.2, 0.25) is 0 Å². The zero-order valence-electron chi connectivity index (χ0n) is 11.4. The Bertz CT molecular complexity index is 542. The number of aryl methyl sites for hydroxylation is 1. The second kappa shape index (κ2) is 5.75. The summed E-state index contributed by atoms with van der Waals surface area (Å²) >= 11 is 0. The van der Waals surface area contributed by atoms with E-state index in [2.05, 4.69) is 9.97 Å². The third-order valence-electron chi connectivity index (χ3n) is 2.91. The van der Waals surface area contributed by atoms with Crippen LogP contribution < -0.4 is 9.47 Å². The van der Waals surface area contributed by atoms with E-state index in [4.69, 9.17) is 14.6 Å². The number of rotatable bonds is 5. The Morgan fingerprint density at radius 3 is 2.32 bits per heavy atom. The molecule has 0 radical (unpaired) electrons. The van der Waals surface area contributed by atoms with Crippen molar-refractivity contribution in [2.24, 2.45) is 0 Å². The lowest BCUT2D eigenvalue weighted by molar-refractivity contribution is 0.297. The van der Waals surface area contributed by atoms with E-state index in [0.29, 0.717) is 6.42 Å². The van der Waals surface area contributed by atoms with Crippen LogP contribution in [0.25, 0.3) is 11.3 Å². The number of hydrogen-bond acceptors (Lipinski definition) is 4. The molecule has 19 heavy (non-hydrogen) atoms. The fraction of sp³-hybridized carbons (Fsp3) is 0.357. The third-order valence-corrected chi connectivity index (χ3v) is 2.91. The summed E-state index contributed by atoms with van der Waals surface area (Å²) in [4.78, 5) is 7.66. The van der Waals surface area contributed by atoms with Crippen molar-refractivity contribution in [3.63, 3.8) is 0 Å². The zero-order chi connectivity index (χ0) is 13.8. The Morgan fingerprint density at radius 2 is 1.79 bits per heavy atom. The number of nitrogens with one attached hydrogen (secondary N) is 1. The van der Waals surface area contributed by atoms with E-state index in [-0.39, 0.29) is 6.61 Å². The van der Waals surface area contributed by atoms with E-state index in [1.807, 2.05) is 25.1 Å². The Balaban J connectivity index is 2.45. The van der Waals surface area contributed by atoms with Gasteiger partial charge in [-0.05, 0) is 19.1 Å². The highest BCUT2D eigenvalue weighted by Gasteiger charge is 2.11. The molecule has 0 atom stereocenters. The molecule has 0 fully saturated rings. The van der Waals surface area contributed by atoms with Crippen molar-refractivity contribution in [2.45, 2.75) is 13.3 Å². The zero-order valence-corrected chi connectivity index (χ0v) is 11.4. The van der Waals surface area contributed by atoms with Gasteiger partial charge in [0, 0.05) is 23.7 Å². The summed E-state index contributed by atoms with van der Waals surface area (Å²) < 4.78 is 10.5. The van der Waals surface area contributed by atoms with Crippen molar-refractivity contribution >= 4 is 0 Å². The Labute approximate surface area is 112 Å². The largest absolute Gasteiger partial charge is 0.497 e. The number of aliphatic hydroxyl groups is 1. The standard InChI is InChI=1S/C14H18N2O3/c1-9-14(16-13(15-9)4-5-17)10-6-11(18-2)8-12(7-10)19-3/h6-8,17H,4-5H2,1-3H3,(H,15,16). The lowest BCUT2D eigenvalue weighted by Crippen LogP contribution is -1.92. The first-order valence-corrected chi connectivity index (χ1v) is 6.07. The molecule has 0 aliphatic carbocycles. The molecule has 2 N–H and O–H groups in total. The summed E-state index contributed by atoms with van der Waals surface area (Å²) in [5.41, 5.74) is 2.73. The van der Waals surface area contributed by atoms with E-state index >= 15 is 0 Å². The van der Waals surface area contributed by atoms with Gasteiger partial charge < -0.3 is 19.6 Å². The normalized spacial score (nSPS) is 10.5. The molecule has 0 saturated carbocycles. The number of hydrogen-bond donors (Lipinski definition) is 2. The van der Waals surface area contributed by atoms with Crippen LogP contribution in [0.15, 0.2) is 18.2 Å². The molecule has 0 aliphatic heterocycles. The predicted molar refractivity (Wildman–Crippen MR) is 72.7 cm³/mol. The van der Waals surface area contributed by atoms with E-state index in [9.17, 15) is 0 Å². The Morgan fingerprint density at radius 1 is 1.16 bits per heavy atom. The average Bonchev–Trinajstić information content (AvgIpc) is 2.79.